The van der Waals surface area contributed by atoms with E-state index in [2.05, 4.69) is 4.98 Å². The van der Waals surface area contributed by atoms with Gasteiger partial charge in [-0.15, -0.1) is 0 Å². The molecular weight excluding hydrogens is 204 g/mol. The third-order valence-electron chi connectivity index (χ3n) is 1.93. The number of carboxylic acids is 2. The fourth-order valence-electron chi connectivity index (χ4n) is 1.22. The molecule has 1 aromatic heterocycles. The summed E-state index contributed by atoms with van der Waals surface area (Å²) < 4.78 is 0.964. The molecule has 0 spiro atoms. The molecule has 0 aliphatic rings. The van der Waals surface area contributed by atoms with Crippen LogP contribution in [0.25, 0.3) is 0 Å². The van der Waals surface area contributed by atoms with Gasteiger partial charge >= 0.3 is 17.6 Å². The molecular formula is C8H10N2O5. The van der Waals surface area contributed by atoms with E-state index in [-0.39, 0.29) is 12.8 Å². The van der Waals surface area contributed by atoms with Gasteiger partial charge in [-0.25, -0.2) is 9.59 Å². The minimum absolute atomic E-state index is 0.123. The number of aromatic amines is 1. The van der Waals surface area contributed by atoms with E-state index < -0.39 is 23.7 Å². The minimum atomic E-state index is -1.22. The number of rotatable bonds is 5. The Bertz CT molecular complexity index is 419. The van der Waals surface area contributed by atoms with Crippen molar-refractivity contribution >= 4 is 11.9 Å². The number of hydrogen-bond donors (Lipinski definition) is 3. The highest BCUT2D eigenvalue weighted by Crippen LogP contribution is 2.11. The Hall–Kier alpha value is -2.05. The number of H-pyrrole nitrogens is 1. The van der Waals surface area contributed by atoms with Crippen LogP contribution in [0.2, 0.25) is 0 Å². The van der Waals surface area contributed by atoms with E-state index >= 15 is 0 Å². The molecule has 1 atom stereocenters. The van der Waals surface area contributed by atoms with Crippen LogP contribution in [0.5, 0.6) is 0 Å². The van der Waals surface area contributed by atoms with Crippen molar-refractivity contribution in [3.8, 4) is 0 Å². The fraction of sp³-hybridized carbons (Fsp3) is 0.375. The van der Waals surface area contributed by atoms with Crippen molar-refractivity contribution in [1.82, 2.24) is 9.55 Å². The summed E-state index contributed by atoms with van der Waals surface area (Å²) in [6.07, 6.45) is 2.17. The van der Waals surface area contributed by atoms with E-state index in [0.717, 1.165) is 4.57 Å². The number of aromatic nitrogens is 2. The largest absolute Gasteiger partial charge is 0.481 e. The van der Waals surface area contributed by atoms with Crippen LogP contribution < -0.4 is 5.69 Å². The van der Waals surface area contributed by atoms with E-state index in [9.17, 15) is 14.4 Å². The first-order valence-corrected chi connectivity index (χ1v) is 4.22. The van der Waals surface area contributed by atoms with Crippen molar-refractivity contribution in [2.75, 3.05) is 0 Å². The van der Waals surface area contributed by atoms with Gasteiger partial charge in [-0.3, -0.25) is 9.36 Å². The second-order valence-electron chi connectivity index (χ2n) is 2.96. The number of nitrogens with zero attached hydrogens (tertiary/aromatic N) is 1. The molecule has 7 nitrogen and oxygen atoms in total. The van der Waals surface area contributed by atoms with Crippen LogP contribution in [0.15, 0.2) is 17.2 Å². The number of carboxylic acid groups (broad SMARTS) is 2. The molecule has 3 N–H and O–H groups in total. The highest BCUT2D eigenvalue weighted by molar-refractivity contribution is 5.73. The zero-order valence-corrected chi connectivity index (χ0v) is 7.71. The topological polar surface area (TPSA) is 112 Å². The molecule has 0 aliphatic heterocycles. The normalized spacial score (nSPS) is 12.3. The van der Waals surface area contributed by atoms with Gasteiger partial charge in [0.2, 0.25) is 0 Å². The lowest BCUT2D eigenvalue weighted by Crippen LogP contribution is -2.28. The number of imidazole rings is 1. The summed E-state index contributed by atoms with van der Waals surface area (Å²) >= 11 is 0. The maximum Gasteiger partial charge on any atom is 0.326 e. The molecule has 0 saturated heterocycles. The van der Waals surface area contributed by atoms with Gasteiger partial charge in [0.1, 0.15) is 6.04 Å². The maximum atomic E-state index is 11.1. The smallest absolute Gasteiger partial charge is 0.326 e. The first kappa shape index (κ1) is 11.0. The predicted octanol–water partition coefficient (Wildman–Crippen LogP) is -0.333. The van der Waals surface area contributed by atoms with Crippen molar-refractivity contribution < 1.29 is 19.8 Å². The standard InChI is InChI=1S/C8H10N2O5/c11-6(12)2-1-5(7(13)14)10-4-3-9-8(10)15/h3-5H,1-2H2,(H,9,15)(H,11,12)(H,13,14). The summed E-state index contributed by atoms with van der Waals surface area (Å²) in [6, 6.07) is -1.14. The zero-order chi connectivity index (χ0) is 11.4. The molecule has 0 radical (unpaired) electrons. The fourth-order valence-corrected chi connectivity index (χ4v) is 1.22. The van der Waals surface area contributed by atoms with Gasteiger partial charge in [0.15, 0.2) is 0 Å². The van der Waals surface area contributed by atoms with E-state index in [0.29, 0.717) is 0 Å². The highest BCUT2D eigenvalue weighted by atomic mass is 16.4. The van der Waals surface area contributed by atoms with Crippen molar-refractivity contribution in [3.63, 3.8) is 0 Å². The monoisotopic (exact) mass is 214 g/mol. The molecule has 0 fully saturated rings. The van der Waals surface area contributed by atoms with Crippen LogP contribution in [0.1, 0.15) is 18.9 Å². The third kappa shape index (κ3) is 2.70. The first-order chi connectivity index (χ1) is 7.02. The molecule has 82 valence electrons. The Morgan fingerprint density at radius 3 is 2.53 bits per heavy atom. The predicted molar refractivity (Wildman–Crippen MR) is 48.6 cm³/mol. The van der Waals surface area contributed by atoms with E-state index in [1.807, 2.05) is 0 Å². The van der Waals surface area contributed by atoms with Crippen molar-refractivity contribution in [2.45, 2.75) is 18.9 Å². The molecule has 0 bridgehead atoms. The third-order valence-corrected chi connectivity index (χ3v) is 1.93. The van der Waals surface area contributed by atoms with Gasteiger partial charge < -0.3 is 15.2 Å². The number of carbonyl (C=O) groups is 2. The molecule has 7 heteroatoms. The summed E-state index contributed by atoms with van der Waals surface area (Å²) in [5.41, 5.74) is -0.562. The quantitative estimate of drug-likeness (QED) is 0.621. The lowest BCUT2D eigenvalue weighted by molar-refractivity contribution is -0.142. The summed E-state index contributed by atoms with van der Waals surface area (Å²) in [7, 11) is 0. The van der Waals surface area contributed by atoms with Crippen LogP contribution in [0.4, 0.5) is 0 Å². The van der Waals surface area contributed by atoms with E-state index in [4.69, 9.17) is 10.2 Å². The van der Waals surface area contributed by atoms with E-state index in [1.54, 1.807) is 0 Å². The molecule has 1 heterocycles. The van der Waals surface area contributed by atoms with Crippen LogP contribution >= 0.6 is 0 Å². The average molecular weight is 214 g/mol. The van der Waals surface area contributed by atoms with Gasteiger partial charge in [-0.2, -0.15) is 0 Å². The zero-order valence-electron chi connectivity index (χ0n) is 7.71. The lowest BCUT2D eigenvalue weighted by atomic mass is 10.1. The van der Waals surface area contributed by atoms with Crippen molar-refractivity contribution in [1.29, 1.82) is 0 Å². The molecule has 1 aromatic rings. The summed E-state index contributed by atoms with van der Waals surface area (Å²) in [5, 5.41) is 17.2. The summed E-state index contributed by atoms with van der Waals surface area (Å²) in [6.45, 7) is 0. The van der Waals surface area contributed by atoms with Crippen LogP contribution in [-0.2, 0) is 9.59 Å². The van der Waals surface area contributed by atoms with Gasteiger partial charge in [-0.05, 0) is 6.42 Å². The second kappa shape index (κ2) is 4.45. The number of aliphatic carboxylic acids is 2. The Kier molecular flexibility index (Phi) is 3.27. The Labute approximate surface area is 84.0 Å². The Morgan fingerprint density at radius 1 is 1.47 bits per heavy atom. The Balaban J connectivity index is 2.84. The van der Waals surface area contributed by atoms with Crippen LogP contribution in [0.3, 0.4) is 0 Å². The lowest BCUT2D eigenvalue weighted by Gasteiger charge is -2.10. The van der Waals surface area contributed by atoms with Gasteiger partial charge in [0, 0.05) is 18.8 Å². The van der Waals surface area contributed by atoms with Crippen molar-refractivity contribution in [2.24, 2.45) is 0 Å². The molecule has 15 heavy (non-hydrogen) atoms. The molecule has 0 saturated carbocycles. The maximum absolute atomic E-state index is 11.1. The number of hydrogen-bond acceptors (Lipinski definition) is 3. The van der Waals surface area contributed by atoms with Crippen LogP contribution in [0, 0.1) is 0 Å². The Morgan fingerprint density at radius 2 is 2.13 bits per heavy atom. The minimum Gasteiger partial charge on any atom is -0.481 e. The summed E-state index contributed by atoms with van der Waals surface area (Å²) in [4.78, 5) is 34.5. The van der Waals surface area contributed by atoms with Crippen molar-refractivity contribution in [3.05, 3.63) is 22.9 Å². The molecule has 0 aromatic carbocycles. The number of nitrogens with one attached hydrogen (secondary N) is 1. The highest BCUT2D eigenvalue weighted by Gasteiger charge is 2.21. The molecule has 0 amide bonds. The first-order valence-electron chi connectivity index (χ1n) is 4.22. The second-order valence-corrected chi connectivity index (χ2v) is 2.96. The van der Waals surface area contributed by atoms with Gasteiger partial charge in [0.25, 0.3) is 0 Å². The van der Waals surface area contributed by atoms with Gasteiger partial charge in [-0.1, -0.05) is 0 Å². The molecule has 1 unspecified atom stereocenters. The van der Waals surface area contributed by atoms with E-state index in [1.165, 1.54) is 12.4 Å². The van der Waals surface area contributed by atoms with Gasteiger partial charge in [0.05, 0.1) is 0 Å². The summed E-state index contributed by atoms with van der Waals surface area (Å²) in [5.74, 6) is -2.32. The van der Waals surface area contributed by atoms with Crippen LogP contribution in [-0.4, -0.2) is 31.7 Å². The molecule has 1 rings (SSSR count). The molecule has 0 aliphatic carbocycles. The average Bonchev–Trinajstić information content (AvgIpc) is 2.51. The SMILES string of the molecule is O=C(O)CCC(C(=O)O)n1cc[nH]c1=O.